The van der Waals surface area contributed by atoms with Gasteiger partial charge in [-0.05, 0) is 23.8 Å². The van der Waals surface area contributed by atoms with E-state index in [0.717, 1.165) is 6.07 Å². The second-order valence-corrected chi connectivity index (χ2v) is 8.23. The molecule has 0 aliphatic rings. The summed E-state index contributed by atoms with van der Waals surface area (Å²) in [4.78, 5) is 9.93. The minimum Gasteiger partial charge on any atom is -0.379 e. The fourth-order valence-corrected chi connectivity index (χ4v) is 3.42. The van der Waals surface area contributed by atoms with Gasteiger partial charge in [-0.3, -0.25) is 10.1 Å². The van der Waals surface area contributed by atoms with Crippen LogP contribution in [-0.4, -0.2) is 19.9 Å². The predicted octanol–water partition coefficient (Wildman–Crippen LogP) is 3.42. The molecule has 0 aliphatic heterocycles. The van der Waals surface area contributed by atoms with Crippen molar-refractivity contribution in [1.82, 2.24) is 0 Å². The third-order valence-corrected chi connectivity index (χ3v) is 5.12. The number of nitrogens with two attached hydrogens (primary N) is 1. The molecule has 7 nitrogen and oxygen atoms in total. The molecule has 0 aliphatic carbocycles. The standard InChI is InChI=1S/C16H17ClFN3O4S/c1-16(2,10-5-3-6-11(17)14(10)18)9-20-12-7-4-8-13(26(19,24)25)15(12)21(22)23/h3-8,20H,9H2,1-2H3,(H2,19,24,25). The molecule has 0 spiro atoms. The molecule has 0 amide bonds. The Hall–Kier alpha value is -2.23. The van der Waals surface area contributed by atoms with Gasteiger partial charge in [0.25, 0.3) is 0 Å². The number of nitro benzene ring substituents is 1. The summed E-state index contributed by atoms with van der Waals surface area (Å²) in [7, 11) is -4.28. The van der Waals surface area contributed by atoms with Gasteiger partial charge in [0.1, 0.15) is 11.5 Å². The topological polar surface area (TPSA) is 115 Å². The van der Waals surface area contributed by atoms with Gasteiger partial charge >= 0.3 is 5.69 Å². The van der Waals surface area contributed by atoms with Crippen molar-refractivity contribution in [1.29, 1.82) is 0 Å². The van der Waals surface area contributed by atoms with Crippen LogP contribution in [0.25, 0.3) is 0 Å². The highest BCUT2D eigenvalue weighted by molar-refractivity contribution is 7.89. The smallest absolute Gasteiger partial charge is 0.312 e. The van der Waals surface area contributed by atoms with Gasteiger partial charge in [0.15, 0.2) is 4.90 Å². The third-order valence-electron chi connectivity index (χ3n) is 3.89. The van der Waals surface area contributed by atoms with E-state index in [2.05, 4.69) is 5.32 Å². The average Bonchev–Trinajstić information content (AvgIpc) is 2.54. The Morgan fingerprint density at radius 2 is 1.88 bits per heavy atom. The lowest BCUT2D eigenvalue weighted by Crippen LogP contribution is -2.29. The SMILES string of the molecule is CC(C)(CNc1cccc(S(N)(=O)=O)c1[N+](=O)[O-])c1cccc(Cl)c1F. The maximum Gasteiger partial charge on any atom is 0.312 e. The van der Waals surface area contributed by atoms with Crippen LogP contribution in [-0.2, 0) is 15.4 Å². The van der Waals surface area contributed by atoms with Crippen molar-refractivity contribution >= 4 is 33.0 Å². The van der Waals surface area contributed by atoms with Gasteiger partial charge in [-0.25, -0.2) is 17.9 Å². The lowest BCUT2D eigenvalue weighted by Gasteiger charge is -2.27. The maximum atomic E-state index is 14.3. The van der Waals surface area contributed by atoms with Gasteiger partial charge < -0.3 is 5.32 Å². The van der Waals surface area contributed by atoms with Gasteiger partial charge in [0, 0.05) is 12.0 Å². The molecule has 0 unspecified atom stereocenters. The number of benzene rings is 2. The number of sulfonamides is 1. The van der Waals surface area contributed by atoms with E-state index in [1.807, 2.05) is 0 Å². The average molecular weight is 402 g/mol. The van der Waals surface area contributed by atoms with Crippen LogP contribution in [0.3, 0.4) is 0 Å². The highest BCUT2D eigenvalue weighted by Gasteiger charge is 2.29. The first-order chi connectivity index (χ1) is 11.9. The van der Waals surface area contributed by atoms with Crippen LogP contribution in [0.2, 0.25) is 5.02 Å². The summed E-state index contributed by atoms with van der Waals surface area (Å²) < 4.78 is 37.5. The van der Waals surface area contributed by atoms with Gasteiger partial charge in [-0.15, -0.1) is 0 Å². The summed E-state index contributed by atoms with van der Waals surface area (Å²) in [6.07, 6.45) is 0. The number of rotatable bonds is 6. The number of hydrogen-bond donors (Lipinski definition) is 2. The first kappa shape index (κ1) is 20.1. The Balaban J connectivity index is 2.40. The molecule has 0 heterocycles. The molecule has 0 saturated heterocycles. The number of anilines is 1. The maximum absolute atomic E-state index is 14.3. The molecule has 140 valence electrons. The zero-order valence-corrected chi connectivity index (χ0v) is 15.6. The third kappa shape index (κ3) is 4.12. The molecule has 26 heavy (non-hydrogen) atoms. The first-order valence-corrected chi connectivity index (χ1v) is 9.36. The van der Waals surface area contributed by atoms with Crippen LogP contribution in [0.4, 0.5) is 15.8 Å². The van der Waals surface area contributed by atoms with Crippen molar-refractivity contribution in [2.24, 2.45) is 5.14 Å². The molecule has 3 N–H and O–H groups in total. The number of nitro groups is 1. The lowest BCUT2D eigenvalue weighted by atomic mass is 9.84. The van der Waals surface area contributed by atoms with E-state index < -0.39 is 36.8 Å². The predicted molar refractivity (Wildman–Crippen MR) is 97.4 cm³/mol. The largest absolute Gasteiger partial charge is 0.379 e. The molecule has 10 heteroatoms. The number of nitrogens with zero attached hydrogens (tertiary/aromatic N) is 1. The molecule has 2 rings (SSSR count). The zero-order valence-electron chi connectivity index (χ0n) is 14.0. The number of primary sulfonamides is 1. The van der Waals surface area contributed by atoms with E-state index in [1.165, 1.54) is 18.2 Å². The minimum absolute atomic E-state index is 0.0298. The van der Waals surface area contributed by atoms with Gasteiger partial charge in [-0.2, -0.15) is 0 Å². The summed E-state index contributed by atoms with van der Waals surface area (Å²) >= 11 is 5.81. The Morgan fingerprint density at radius 1 is 1.27 bits per heavy atom. The Kier molecular flexibility index (Phi) is 5.55. The number of nitrogens with one attached hydrogen (secondary N) is 1. The quantitative estimate of drug-likeness (QED) is 0.568. The summed E-state index contributed by atoms with van der Waals surface area (Å²) in [6.45, 7) is 3.54. The molecule has 0 aromatic heterocycles. The highest BCUT2D eigenvalue weighted by atomic mass is 35.5. The van der Waals surface area contributed by atoms with Crippen molar-refractivity contribution in [2.75, 3.05) is 11.9 Å². The number of para-hydroxylation sites is 1. The van der Waals surface area contributed by atoms with E-state index in [1.54, 1.807) is 26.0 Å². The van der Waals surface area contributed by atoms with Crippen molar-refractivity contribution in [3.8, 4) is 0 Å². The minimum atomic E-state index is -4.28. The normalized spacial score (nSPS) is 12.0. The van der Waals surface area contributed by atoms with Crippen LogP contribution in [0.15, 0.2) is 41.3 Å². The molecule has 0 saturated carbocycles. The fourth-order valence-electron chi connectivity index (χ4n) is 2.52. The molecule has 0 radical (unpaired) electrons. The van der Waals surface area contributed by atoms with E-state index in [4.69, 9.17) is 16.7 Å². The second kappa shape index (κ2) is 7.18. The van der Waals surface area contributed by atoms with Crippen LogP contribution < -0.4 is 10.5 Å². The molecule has 0 atom stereocenters. The molecule has 2 aromatic rings. The number of halogens is 2. The summed E-state index contributed by atoms with van der Waals surface area (Å²) in [5.74, 6) is -0.575. The van der Waals surface area contributed by atoms with E-state index >= 15 is 0 Å². The van der Waals surface area contributed by atoms with Crippen molar-refractivity contribution in [2.45, 2.75) is 24.2 Å². The zero-order chi connectivity index (χ0) is 19.7. The summed E-state index contributed by atoms with van der Waals surface area (Å²) in [5.41, 5.74) is -1.15. The van der Waals surface area contributed by atoms with E-state index in [0.29, 0.717) is 5.56 Å². The van der Waals surface area contributed by atoms with Gasteiger partial charge in [0.05, 0.1) is 9.95 Å². The van der Waals surface area contributed by atoms with Crippen LogP contribution in [0.1, 0.15) is 19.4 Å². The molecular formula is C16H17ClFN3O4S. The Morgan fingerprint density at radius 3 is 2.46 bits per heavy atom. The Labute approximate surface area is 155 Å². The summed E-state index contributed by atoms with van der Waals surface area (Å²) in [5, 5.41) is 19.2. The van der Waals surface area contributed by atoms with Gasteiger partial charge in [0.2, 0.25) is 10.0 Å². The lowest BCUT2D eigenvalue weighted by molar-refractivity contribution is -0.386. The van der Waals surface area contributed by atoms with E-state index in [9.17, 15) is 22.9 Å². The first-order valence-electron chi connectivity index (χ1n) is 7.44. The monoisotopic (exact) mass is 401 g/mol. The molecule has 2 aromatic carbocycles. The Bertz CT molecular complexity index is 964. The number of hydrogen-bond acceptors (Lipinski definition) is 5. The van der Waals surface area contributed by atoms with Crippen LogP contribution in [0.5, 0.6) is 0 Å². The van der Waals surface area contributed by atoms with Crippen LogP contribution in [0, 0.1) is 15.9 Å². The van der Waals surface area contributed by atoms with Crippen molar-refractivity contribution in [3.05, 3.63) is 62.9 Å². The van der Waals surface area contributed by atoms with E-state index in [-0.39, 0.29) is 17.3 Å². The van der Waals surface area contributed by atoms with Crippen molar-refractivity contribution < 1.29 is 17.7 Å². The summed E-state index contributed by atoms with van der Waals surface area (Å²) in [6, 6.07) is 8.34. The fraction of sp³-hybridized carbons (Fsp3) is 0.250. The molecular weight excluding hydrogens is 385 g/mol. The second-order valence-electron chi connectivity index (χ2n) is 6.29. The van der Waals surface area contributed by atoms with Gasteiger partial charge in [-0.1, -0.05) is 43.6 Å². The van der Waals surface area contributed by atoms with Crippen LogP contribution >= 0.6 is 11.6 Å². The molecule has 0 bridgehead atoms. The molecule has 0 fully saturated rings. The van der Waals surface area contributed by atoms with Crippen molar-refractivity contribution in [3.63, 3.8) is 0 Å². The highest BCUT2D eigenvalue weighted by Crippen LogP contribution is 2.34.